The van der Waals surface area contributed by atoms with E-state index in [4.69, 9.17) is 9.97 Å². The van der Waals surface area contributed by atoms with Crippen LogP contribution in [0.5, 0.6) is 0 Å². The summed E-state index contributed by atoms with van der Waals surface area (Å²) in [7, 11) is 0. The predicted molar refractivity (Wildman–Crippen MR) is 140 cm³/mol. The molecular formula is C28H33F3N6. The molecule has 1 saturated heterocycles. The Bertz CT molecular complexity index is 1240. The number of rotatable bonds is 4. The highest BCUT2D eigenvalue weighted by atomic mass is 19.4. The van der Waals surface area contributed by atoms with Crippen LogP contribution in [0.1, 0.15) is 67.6 Å². The third-order valence-electron chi connectivity index (χ3n) is 7.12. The molecule has 1 aromatic carbocycles. The van der Waals surface area contributed by atoms with Crippen LogP contribution < -0.4 is 15.5 Å². The Morgan fingerprint density at radius 3 is 2.41 bits per heavy atom. The van der Waals surface area contributed by atoms with E-state index in [1.54, 1.807) is 0 Å². The molecule has 2 aliphatic heterocycles. The SMILES string of the molecule is CC(C)(C)c1ccc(Nc2nc(N3CCCC3)nc3c2C(c2ncccc2C(F)(F)F)CNCC3)cc1. The molecule has 5 rings (SSSR count). The minimum Gasteiger partial charge on any atom is -0.341 e. The Balaban J connectivity index is 1.64. The van der Waals surface area contributed by atoms with Crippen LogP contribution in [0.4, 0.5) is 30.6 Å². The van der Waals surface area contributed by atoms with E-state index in [2.05, 4.69) is 53.4 Å². The summed E-state index contributed by atoms with van der Waals surface area (Å²) < 4.78 is 42.1. The number of halogens is 3. The number of alkyl halides is 3. The second-order valence-electron chi connectivity index (χ2n) is 10.8. The Hall–Kier alpha value is -3.20. The summed E-state index contributed by atoms with van der Waals surface area (Å²) in [5.74, 6) is 0.518. The van der Waals surface area contributed by atoms with Gasteiger partial charge in [-0.25, -0.2) is 4.98 Å². The van der Waals surface area contributed by atoms with Gasteiger partial charge in [-0.3, -0.25) is 4.98 Å². The number of nitrogens with zero attached hydrogens (tertiary/aromatic N) is 4. The van der Waals surface area contributed by atoms with Gasteiger partial charge in [-0.05, 0) is 48.1 Å². The smallest absolute Gasteiger partial charge is 0.341 e. The number of hydrogen-bond donors (Lipinski definition) is 2. The van der Waals surface area contributed by atoms with Crippen LogP contribution in [0.15, 0.2) is 42.6 Å². The fourth-order valence-corrected chi connectivity index (χ4v) is 5.13. The molecule has 1 fully saturated rings. The lowest BCUT2D eigenvalue weighted by Gasteiger charge is -2.25. The fraction of sp³-hybridized carbons (Fsp3) is 0.464. The molecule has 9 heteroatoms. The van der Waals surface area contributed by atoms with Crippen LogP contribution in [-0.2, 0) is 18.0 Å². The highest BCUT2D eigenvalue weighted by molar-refractivity contribution is 5.65. The highest BCUT2D eigenvalue weighted by Crippen LogP contribution is 2.40. The lowest BCUT2D eigenvalue weighted by atomic mass is 9.87. The van der Waals surface area contributed by atoms with Crippen molar-refractivity contribution in [1.29, 1.82) is 0 Å². The largest absolute Gasteiger partial charge is 0.418 e. The molecule has 0 aliphatic carbocycles. The average Bonchev–Trinajstić information content (AvgIpc) is 3.30. The molecule has 4 heterocycles. The van der Waals surface area contributed by atoms with E-state index in [0.29, 0.717) is 36.8 Å². The van der Waals surface area contributed by atoms with Gasteiger partial charge in [0.2, 0.25) is 5.95 Å². The Kier molecular flexibility index (Phi) is 6.83. The van der Waals surface area contributed by atoms with Gasteiger partial charge in [-0.2, -0.15) is 18.2 Å². The average molecular weight is 511 g/mol. The Morgan fingerprint density at radius 1 is 1.00 bits per heavy atom. The van der Waals surface area contributed by atoms with Crippen LogP contribution in [-0.4, -0.2) is 41.1 Å². The standard InChI is InChI=1S/C28H33F3N6/c1-27(2,3)18-8-10-19(11-9-18)34-25-23-20(24-21(28(29,30)31)7-6-13-33-24)17-32-14-12-22(23)35-26(36-25)37-15-4-5-16-37/h6-11,13,20,32H,4-5,12,14-17H2,1-3H3,(H,34,35,36). The van der Waals surface area contributed by atoms with Crippen LogP contribution in [0.3, 0.4) is 0 Å². The summed E-state index contributed by atoms with van der Waals surface area (Å²) in [6.07, 6.45) is -0.341. The molecule has 3 aromatic rings. The molecular weight excluding hydrogens is 477 g/mol. The number of anilines is 3. The molecule has 37 heavy (non-hydrogen) atoms. The van der Waals surface area contributed by atoms with Gasteiger partial charge in [-0.1, -0.05) is 32.9 Å². The quantitative estimate of drug-likeness (QED) is 0.462. The minimum absolute atomic E-state index is 0.00527. The maximum atomic E-state index is 14.0. The molecule has 2 aromatic heterocycles. The van der Waals surface area contributed by atoms with Crippen LogP contribution >= 0.6 is 0 Å². The molecule has 2 aliphatic rings. The first kappa shape index (κ1) is 25.4. The van der Waals surface area contributed by atoms with Crippen LogP contribution in [0.2, 0.25) is 0 Å². The minimum atomic E-state index is -4.51. The van der Waals surface area contributed by atoms with Crippen molar-refractivity contribution in [3.8, 4) is 0 Å². The maximum Gasteiger partial charge on any atom is 0.418 e. The maximum absolute atomic E-state index is 14.0. The van der Waals surface area contributed by atoms with Gasteiger partial charge in [0.25, 0.3) is 0 Å². The highest BCUT2D eigenvalue weighted by Gasteiger charge is 2.38. The number of fused-ring (bicyclic) bond motifs is 1. The van der Waals surface area contributed by atoms with Crippen molar-refractivity contribution in [2.24, 2.45) is 0 Å². The van der Waals surface area contributed by atoms with Crippen LogP contribution in [0.25, 0.3) is 0 Å². The van der Waals surface area contributed by atoms with Gasteiger partial charge < -0.3 is 15.5 Å². The lowest BCUT2D eigenvalue weighted by Crippen LogP contribution is -2.25. The number of hydrogen-bond acceptors (Lipinski definition) is 6. The topological polar surface area (TPSA) is 66.0 Å². The zero-order chi connectivity index (χ0) is 26.2. The number of nitrogens with one attached hydrogen (secondary N) is 2. The lowest BCUT2D eigenvalue weighted by molar-refractivity contribution is -0.138. The van der Waals surface area contributed by atoms with Crippen molar-refractivity contribution in [3.05, 3.63) is 70.7 Å². The molecule has 6 nitrogen and oxygen atoms in total. The van der Waals surface area contributed by atoms with Crippen molar-refractivity contribution in [2.75, 3.05) is 36.4 Å². The zero-order valence-electron chi connectivity index (χ0n) is 21.5. The number of pyridine rings is 1. The summed E-state index contributed by atoms with van der Waals surface area (Å²) >= 11 is 0. The van der Waals surface area contributed by atoms with Gasteiger partial charge in [0.05, 0.1) is 17.0 Å². The van der Waals surface area contributed by atoms with E-state index in [1.807, 2.05) is 12.1 Å². The van der Waals surface area contributed by atoms with Gasteiger partial charge >= 0.3 is 6.18 Å². The first-order chi connectivity index (χ1) is 17.6. The third kappa shape index (κ3) is 5.42. The number of aromatic nitrogens is 3. The summed E-state index contributed by atoms with van der Waals surface area (Å²) in [4.78, 5) is 16.2. The second kappa shape index (κ2) is 9.93. The van der Waals surface area contributed by atoms with Crippen LogP contribution in [0, 0.1) is 0 Å². The zero-order valence-corrected chi connectivity index (χ0v) is 21.5. The van der Waals surface area contributed by atoms with Gasteiger partial charge in [0.15, 0.2) is 0 Å². The second-order valence-corrected chi connectivity index (χ2v) is 10.8. The Morgan fingerprint density at radius 2 is 1.73 bits per heavy atom. The van der Waals surface area contributed by atoms with E-state index in [9.17, 15) is 13.2 Å². The van der Waals surface area contributed by atoms with E-state index < -0.39 is 17.7 Å². The van der Waals surface area contributed by atoms with E-state index in [0.717, 1.165) is 43.4 Å². The van der Waals surface area contributed by atoms with E-state index >= 15 is 0 Å². The van der Waals surface area contributed by atoms with Crippen molar-refractivity contribution in [2.45, 2.75) is 57.5 Å². The molecule has 1 unspecified atom stereocenters. The van der Waals surface area contributed by atoms with Gasteiger partial charge in [-0.15, -0.1) is 0 Å². The summed E-state index contributed by atoms with van der Waals surface area (Å²) in [6, 6.07) is 10.6. The molecule has 2 N–H and O–H groups in total. The predicted octanol–water partition coefficient (Wildman–Crippen LogP) is 5.81. The van der Waals surface area contributed by atoms with E-state index in [1.165, 1.54) is 17.8 Å². The van der Waals surface area contributed by atoms with Gasteiger partial charge in [0, 0.05) is 56.0 Å². The molecule has 0 spiro atoms. The first-order valence-corrected chi connectivity index (χ1v) is 12.9. The molecule has 0 radical (unpaired) electrons. The molecule has 196 valence electrons. The number of benzene rings is 1. The van der Waals surface area contributed by atoms with Crippen molar-refractivity contribution in [3.63, 3.8) is 0 Å². The molecule has 0 saturated carbocycles. The first-order valence-electron chi connectivity index (χ1n) is 12.9. The third-order valence-corrected chi connectivity index (χ3v) is 7.12. The molecule has 0 amide bonds. The normalized spacial score (nSPS) is 18.4. The Labute approximate surface area is 215 Å². The summed E-state index contributed by atoms with van der Waals surface area (Å²) in [5, 5.41) is 6.75. The summed E-state index contributed by atoms with van der Waals surface area (Å²) in [6.45, 7) is 9.16. The monoisotopic (exact) mass is 510 g/mol. The fourth-order valence-electron chi connectivity index (χ4n) is 5.13. The van der Waals surface area contributed by atoms with E-state index in [-0.39, 0.29) is 11.1 Å². The summed E-state index contributed by atoms with van der Waals surface area (Å²) in [5.41, 5.74) is 2.75. The van der Waals surface area contributed by atoms with Crippen molar-refractivity contribution in [1.82, 2.24) is 20.3 Å². The van der Waals surface area contributed by atoms with Gasteiger partial charge in [0.1, 0.15) is 5.82 Å². The van der Waals surface area contributed by atoms with Crippen molar-refractivity contribution < 1.29 is 13.2 Å². The molecule has 0 bridgehead atoms. The molecule has 1 atom stereocenters. The van der Waals surface area contributed by atoms with Crippen molar-refractivity contribution >= 4 is 17.5 Å².